The molecule has 0 amide bonds. The zero-order valence-corrected chi connectivity index (χ0v) is 10.3. The molecule has 0 saturated carbocycles. The first-order chi connectivity index (χ1) is 0. The second-order valence-corrected chi connectivity index (χ2v) is 0. The van der Waals surface area contributed by atoms with Gasteiger partial charge < -0.3 is 21.9 Å². The minimum Gasteiger partial charge on any atom is 0 e. The summed E-state index contributed by atoms with van der Waals surface area (Å²) in [4.78, 5) is 0. The van der Waals surface area contributed by atoms with Gasteiger partial charge in [0.05, 0.1) is 0 Å². The molecule has 0 bridgehead atoms. The van der Waals surface area contributed by atoms with Crippen LogP contribution in [-0.4, -0.2) is 66.6 Å². The van der Waals surface area contributed by atoms with Gasteiger partial charge in [-0.25, -0.2) is 0 Å². The van der Waals surface area contributed by atoms with Crippen LogP contribution in [0.2, 0.25) is 0 Å². The van der Waals surface area contributed by atoms with E-state index in [-0.39, 0.29) is 88.3 Å². The summed E-state index contributed by atoms with van der Waals surface area (Å²) in [5.74, 6) is 0. The summed E-state index contributed by atoms with van der Waals surface area (Å²) in [7, 11) is 0. The van der Waals surface area contributed by atoms with Crippen molar-refractivity contribution in [2.75, 3.05) is 0 Å². The van der Waals surface area contributed by atoms with Crippen molar-refractivity contribution in [3.05, 3.63) is 0 Å². The average Bonchev–Trinajstić information content (AvgIpc) is 0. The Labute approximate surface area is 87.5 Å². The molecule has 0 atom stereocenters. The molecule has 0 aromatic rings. The molecular formula is H13AlO4PbTi. The molecular weight excluding hydrogens is 346 g/mol. The Kier molecular flexibility index (Phi) is 1990. The fraction of sp³-hybridized carbons (Fsp3) is 0. The number of rotatable bonds is 0. The van der Waals surface area contributed by atoms with E-state index in [9.17, 15) is 0 Å². The van der Waals surface area contributed by atoms with Crippen molar-refractivity contribution < 1.29 is 43.6 Å². The van der Waals surface area contributed by atoms with Crippen LogP contribution in [0.1, 0.15) is 0 Å². The summed E-state index contributed by atoms with van der Waals surface area (Å²) in [5, 5.41) is 0. The summed E-state index contributed by atoms with van der Waals surface area (Å²) in [5.41, 5.74) is 0. The Bertz CT molecular complexity index is 11.7. The summed E-state index contributed by atoms with van der Waals surface area (Å²) < 4.78 is 0. The minimum atomic E-state index is 0. The third-order valence-corrected chi connectivity index (χ3v) is 0. The predicted molar refractivity (Wildman–Crippen MR) is 32.9 cm³/mol. The topological polar surface area (TPSA) is 126 Å². The maximum absolute atomic E-state index is 0. The van der Waals surface area contributed by atoms with Crippen LogP contribution < -0.4 is 0 Å². The third kappa shape index (κ3) is 71.7. The smallest absolute Gasteiger partial charge is 0 e. The number of hydrogen-bond donors (Lipinski definition) is 0. The molecule has 0 spiro atoms. The molecule has 0 heterocycles. The Morgan fingerprint density at radius 2 is 0.571 bits per heavy atom. The van der Waals surface area contributed by atoms with E-state index in [1.54, 1.807) is 0 Å². The third-order valence-electron chi connectivity index (χ3n) is 0. The Morgan fingerprint density at radius 3 is 0.571 bits per heavy atom. The van der Waals surface area contributed by atoms with Gasteiger partial charge in [-0.3, -0.25) is 0 Å². The predicted octanol–water partition coefficient (Wildman–Crippen LogP) is -5.40. The van der Waals surface area contributed by atoms with Crippen LogP contribution in [-0.2, 0) is 21.7 Å². The van der Waals surface area contributed by atoms with E-state index >= 15 is 0 Å². The first kappa shape index (κ1) is 143. The zero-order chi connectivity index (χ0) is 0. The molecule has 0 aromatic carbocycles. The molecule has 0 aliphatic rings. The zero-order valence-electron chi connectivity index (χ0n) is 3.21. The summed E-state index contributed by atoms with van der Waals surface area (Å²) >= 11 is 0. The molecule has 7 heteroatoms. The maximum atomic E-state index is 0. The van der Waals surface area contributed by atoms with Crippen LogP contribution in [0.5, 0.6) is 0 Å². The fourth-order valence-corrected chi connectivity index (χ4v) is 0. The van der Waals surface area contributed by atoms with E-state index in [2.05, 4.69) is 0 Å². The SMILES string of the molecule is O.O.O.O.[AlH3].[PbH2].[Ti]. The van der Waals surface area contributed by atoms with Crippen LogP contribution in [0.3, 0.4) is 0 Å². The van der Waals surface area contributed by atoms with Crippen LogP contribution >= 0.6 is 0 Å². The Hall–Kier alpha value is 2.01. The van der Waals surface area contributed by atoms with Gasteiger partial charge in [-0.1, -0.05) is 0 Å². The molecule has 0 fully saturated rings. The van der Waals surface area contributed by atoms with Gasteiger partial charge in [-0.05, 0) is 0 Å². The second-order valence-electron chi connectivity index (χ2n) is 0. The Balaban J connectivity index is 0. The van der Waals surface area contributed by atoms with Gasteiger partial charge in [0.1, 0.15) is 0 Å². The second kappa shape index (κ2) is 97.5. The van der Waals surface area contributed by atoms with Crippen molar-refractivity contribution >= 4 is 44.7 Å². The molecule has 4 nitrogen and oxygen atoms in total. The first-order valence-electron chi connectivity index (χ1n) is 0. The quantitative estimate of drug-likeness (QED) is 0.383. The van der Waals surface area contributed by atoms with Crippen LogP contribution in [0.15, 0.2) is 0 Å². The fourth-order valence-electron chi connectivity index (χ4n) is 0. The van der Waals surface area contributed by atoms with E-state index in [0.717, 1.165) is 0 Å². The van der Waals surface area contributed by atoms with Crippen molar-refractivity contribution in [1.82, 2.24) is 0 Å². The van der Waals surface area contributed by atoms with Crippen molar-refractivity contribution in [2.24, 2.45) is 0 Å². The van der Waals surface area contributed by atoms with Crippen molar-refractivity contribution in [2.45, 2.75) is 0 Å². The van der Waals surface area contributed by atoms with Crippen LogP contribution in [0.4, 0.5) is 0 Å². The molecule has 0 saturated heterocycles. The van der Waals surface area contributed by atoms with Crippen LogP contribution in [0.25, 0.3) is 0 Å². The van der Waals surface area contributed by atoms with Gasteiger partial charge in [0, 0.05) is 21.7 Å². The maximum Gasteiger partial charge on any atom is 0 e. The van der Waals surface area contributed by atoms with E-state index in [0.29, 0.717) is 0 Å². The normalized spacial score (nSPS) is 0. The van der Waals surface area contributed by atoms with Gasteiger partial charge in [0.15, 0.2) is 17.4 Å². The minimum absolute atomic E-state index is 0. The summed E-state index contributed by atoms with van der Waals surface area (Å²) in [6, 6.07) is 0. The summed E-state index contributed by atoms with van der Waals surface area (Å²) in [6.45, 7) is 0. The molecule has 0 rings (SSSR count). The molecule has 8 N–H and O–H groups in total. The van der Waals surface area contributed by atoms with Gasteiger partial charge in [0.2, 0.25) is 0 Å². The van der Waals surface area contributed by atoms with Crippen molar-refractivity contribution in [3.63, 3.8) is 0 Å². The monoisotopic (exact) mass is 360 g/mol. The van der Waals surface area contributed by atoms with E-state index in [1.165, 1.54) is 0 Å². The molecule has 0 aliphatic heterocycles. The molecule has 0 aliphatic carbocycles. The molecule has 48 valence electrons. The Morgan fingerprint density at radius 1 is 0.571 bits per heavy atom. The standard InChI is InChI=1S/Al.4H2O.Pb.Ti.5H/h;4*1H2;;;;;;;. The van der Waals surface area contributed by atoms with E-state index < -0.39 is 0 Å². The molecule has 0 unspecified atom stereocenters. The average molecular weight is 359 g/mol. The van der Waals surface area contributed by atoms with Gasteiger partial charge in [-0.2, -0.15) is 0 Å². The molecule has 0 aromatic heterocycles. The number of hydrogen-bond acceptors (Lipinski definition) is 0. The van der Waals surface area contributed by atoms with Crippen molar-refractivity contribution in [1.29, 1.82) is 0 Å². The van der Waals surface area contributed by atoms with E-state index in [1.807, 2.05) is 0 Å². The first-order valence-corrected chi connectivity index (χ1v) is 0. The summed E-state index contributed by atoms with van der Waals surface area (Å²) in [6.07, 6.45) is 0. The van der Waals surface area contributed by atoms with Gasteiger partial charge in [0.25, 0.3) is 0 Å². The van der Waals surface area contributed by atoms with Gasteiger partial charge in [-0.15, -0.1) is 0 Å². The van der Waals surface area contributed by atoms with Crippen molar-refractivity contribution in [3.8, 4) is 0 Å². The molecule has 7 heavy (non-hydrogen) atoms. The van der Waals surface area contributed by atoms with E-state index in [4.69, 9.17) is 0 Å². The molecule has 2 radical (unpaired) electrons. The largest absolute Gasteiger partial charge is 0 e. The van der Waals surface area contributed by atoms with Gasteiger partial charge >= 0.3 is 27.3 Å². The van der Waals surface area contributed by atoms with Crippen LogP contribution in [0, 0.1) is 0 Å².